The van der Waals surface area contributed by atoms with E-state index < -0.39 is 0 Å². The molecule has 1 N–H and O–H groups in total. The maximum atomic E-state index is 13.0. The number of aryl methyl sites for hydroxylation is 1. The molecule has 0 unspecified atom stereocenters. The predicted octanol–water partition coefficient (Wildman–Crippen LogP) is 3.21. The van der Waals surface area contributed by atoms with Crippen LogP contribution < -0.4 is 10.2 Å². The standard InChI is InChI=1S/C25H28N8O/c1-17(2)32-8-10-33(11-9-32)24-14-19(6-7-27-24)25(34)28-23-13-20-12-18(4-5-21(20)29-30-23)22-15-26-16-31(22)3/h4-7,12-17H,8-11H2,1-3H3,(H,28,30,34). The molecule has 1 aromatic carbocycles. The van der Waals surface area contributed by atoms with Gasteiger partial charge in [-0.2, -0.15) is 0 Å². The first-order chi connectivity index (χ1) is 16.5. The summed E-state index contributed by atoms with van der Waals surface area (Å²) in [7, 11) is 1.95. The van der Waals surface area contributed by atoms with Crippen molar-refractivity contribution in [1.29, 1.82) is 0 Å². The summed E-state index contributed by atoms with van der Waals surface area (Å²) in [6, 6.07) is 11.9. The van der Waals surface area contributed by atoms with Crippen molar-refractivity contribution < 1.29 is 4.79 Å². The molecule has 1 aliphatic heterocycles. The van der Waals surface area contributed by atoms with Gasteiger partial charge in [-0.15, -0.1) is 10.2 Å². The highest BCUT2D eigenvalue weighted by Crippen LogP contribution is 2.24. The predicted molar refractivity (Wildman–Crippen MR) is 133 cm³/mol. The Kier molecular flexibility index (Phi) is 5.93. The number of anilines is 2. The van der Waals surface area contributed by atoms with Gasteiger partial charge >= 0.3 is 0 Å². The quantitative estimate of drug-likeness (QED) is 0.493. The summed E-state index contributed by atoms with van der Waals surface area (Å²) in [5.41, 5.74) is 3.33. The van der Waals surface area contributed by atoms with Crippen LogP contribution in [-0.4, -0.2) is 67.8 Å². The van der Waals surface area contributed by atoms with Crippen molar-refractivity contribution in [2.24, 2.45) is 7.05 Å². The number of benzene rings is 1. The number of nitrogens with one attached hydrogen (secondary N) is 1. The Hall–Kier alpha value is -3.85. The molecular formula is C25H28N8O. The molecule has 1 saturated heterocycles. The summed E-state index contributed by atoms with van der Waals surface area (Å²) < 4.78 is 1.96. The molecule has 1 aliphatic rings. The second kappa shape index (κ2) is 9.18. The summed E-state index contributed by atoms with van der Waals surface area (Å²) in [4.78, 5) is 26.3. The molecule has 0 spiro atoms. The van der Waals surface area contributed by atoms with Gasteiger partial charge in [0.1, 0.15) is 5.82 Å². The van der Waals surface area contributed by atoms with E-state index in [0.717, 1.165) is 54.2 Å². The normalized spacial score (nSPS) is 14.6. The Morgan fingerprint density at radius 1 is 1.03 bits per heavy atom. The van der Waals surface area contributed by atoms with Gasteiger partial charge in [-0.25, -0.2) is 9.97 Å². The lowest BCUT2D eigenvalue weighted by atomic mass is 10.1. The van der Waals surface area contributed by atoms with Crippen LogP contribution in [0.3, 0.4) is 0 Å². The molecule has 5 rings (SSSR count). The summed E-state index contributed by atoms with van der Waals surface area (Å²) in [6.45, 7) is 8.20. The molecule has 1 fully saturated rings. The second-order valence-corrected chi connectivity index (χ2v) is 8.87. The second-order valence-electron chi connectivity index (χ2n) is 8.87. The van der Waals surface area contributed by atoms with Gasteiger partial charge in [0.05, 0.1) is 23.7 Å². The SMILES string of the molecule is CC(C)N1CCN(c2cc(C(=O)Nc3cc4cc(-c5cncn5C)ccc4nn3)ccn2)CC1. The largest absolute Gasteiger partial charge is 0.354 e. The molecule has 34 heavy (non-hydrogen) atoms. The Morgan fingerprint density at radius 2 is 1.85 bits per heavy atom. The number of hydrogen-bond acceptors (Lipinski definition) is 7. The molecule has 4 heterocycles. The van der Waals surface area contributed by atoms with Gasteiger partial charge in [0, 0.05) is 62.0 Å². The van der Waals surface area contributed by atoms with Crippen molar-refractivity contribution in [3.8, 4) is 11.3 Å². The summed E-state index contributed by atoms with van der Waals surface area (Å²) >= 11 is 0. The van der Waals surface area contributed by atoms with Gasteiger partial charge in [-0.05, 0) is 44.2 Å². The van der Waals surface area contributed by atoms with E-state index in [1.807, 2.05) is 48.1 Å². The highest BCUT2D eigenvalue weighted by Gasteiger charge is 2.20. The zero-order valence-electron chi connectivity index (χ0n) is 19.6. The van der Waals surface area contributed by atoms with Gasteiger partial charge in [-0.1, -0.05) is 6.07 Å². The number of imidazole rings is 1. The third-order valence-electron chi connectivity index (χ3n) is 6.32. The maximum Gasteiger partial charge on any atom is 0.257 e. The number of fused-ring (bicyclic) bond motifs is 1. The lowest BCUT2D eigenvalue weighted by molar-refractivity contribution is 0.102. The molecule has 1 amide bonds. The van der Waals surface area contributed by atoms with Crippen LogP contribution in [0.1, 0.15) is 24.2 Å². The van der Waals surface area contributed by atoms with Gasteiger partial charge < -0.3 is 14.8 Å². The first-order valence-electron chi connectivity index (χ1n) is 11.5. The van der Waals surface area contributed by atoms with Gasteiger partial charge in [0.2, 0.25) is 0 Å². The lowest BCUT2D eigenvalue weighted by Crippen LogP contribution is -2.49. The molecule has 0 saturated carbocycles. The van der Waals surface area contributed by atoms with Gasteiger partial charge in [-0.3, -0.25) is 9.69 Å². The zero-order valence-corrected chi connectivity index (χ0v) is 19.6. The number of aromatic nitrogens is 5. The van der Waals surface area contributed by atoms with E-state index in [0.29, 0.717) is 17.4 Å². The minimum atomic E-state index is -0.235. The molecule has 0 atom stereocenters. The van der Waals surface area contributed by atoms with Crippen LogP contribution in [0, 0.1) is 0 Å². The minimum absolute atomic E-state index is 0.235. The molecular weight excluding hydrogens is 428 g/mol. The number of hydrogen-bond donors (Lipinski definition) is 1. The Balaban J connectivity index is 1.32. The molecule has 4 aromatic rings. The number of nitrogens with zero attached hydrogens (tertiary/aromatic N) is 7. The number of pyridine rings is 1. The molecule has 0 radical (unpaired) electrons. The number of carbonyl (C=O) groups is 1. The zero-order chi connectivity index (χ0) is 23.7. The minimum Gasteiger partial charge on any atom is -0.354 e. The average Bonchev–Trinajstić information content (AvgIpc) is 3.29. The fourth-order valence-electron chi connectivity index (χ4n) is 4.29. The highest BCUT2D eigenvalue weighted by molar-refractivity contribution is 6.04. The monoisotopic (exact) mass is 456 g/mol. The van der Waals surface area contributed by atoms with E-state index >= 15 is 0 Å². The van der Waals surface area contributed by atoms with E-state index in [2.05, 4.69) is 49.1 Å². The highest BCUT2D eigenvalue weighted by atomic mass is 16.1. The molecule has 3 aromatic heterocycles. The summed E-state index contributed by atoms with van der Waals surface area (Å²) in [5.74, 6) is 0.992. The van der Waals surface area contributed by atoms with Crippen LogP contribution in [0.25, 0.3) is 22.2 Å². The van der Waals surface area contributed by atoms with Crippen molar-refractivity contribution in [1.82, 2.24) is 29.6 Å². The van der Waals surface area contributed by atoms with Crippen LogP contribution in [0.4, 0.5) is 11.6 Å². The van der Waals surface area contributed by atoms with Crippen LogP contribution >= 0.6 is 0 Å². The number of rotatable bonds is 5. The lowest BCUT2D eigenvalue weighted by Gasteiger charge is -2.37. The van der Waals surface area contributed by atoms with Crippen LogP contribution in [-0.2, 0) is 7.05 Å². The molecule has 0 bridgehead atoms. The Morgan fingerprint density at radius 3 is 2.59 bits per heavy atom. The topological polar surface area (TPSA) is 92.1 Å². The Labute approximate surface area is 198 Å². The van der Waals surface area contributed by atoms with Gasteiger partial charge in [0.25, 0.3) is 5.91 Å². The molecule has 0 aliphatic carbocycles. The molecule has 174 valence electrons. The van der Waals surface area contributed by atoms with Crippen LogP contribution in [0.15, 0.2) is 55.1 Å². The van der Waals surface area contributed by atoms with E-state index in [9.17, 15) is 4.79 Å². The van der Waals surface area contributed by atoms with Crippen LogP contribution in [0.5, 0.6) is 0 Å². The average molecular weight is 457 g/mol. The van der Waals surface area contributed by atoms with E-state index in [1.54, 1.807) is 18.6 Å². The fraction of sp³-hybridized carbons (Fsp3) is 0.320. The molecule has 9 nitrogen and oxygen atoms in total. The summed E-state index contributed by atoms with van der Waals surface area (Å²) in [6.07, 6.45) is 5.27. The number of amides is 1. The van der Waals surface area contributed by atoms with Crippen molar-refractivity contribution >= 4 is 28.4 Å². The first kappa shape index (κ1) is 22.0. The third-order valence-corrected chi connectivity index (χ3v) is 6.32. The summed E-state index contributed by atoms with van der Waals surface area (Å²) in [5, 5.41) is 12.2. The van der Waals surface area contributed by atoms with E-state index in [1.165, 1.54) is 0 Å². The fourth-order valence-corrected chi connectivity index (χ4v) is 4.29. The molecule has 9 heteroatoms. The van der Waals surface area contributed by atoms with Crippen molar-refractivity contribution in [3.63, 3.8) is 0 Å². The van der Waals surface area contributed by atoms with Gasteiger partial charge in [0.15, 0.2) is 5.82 Å². The Bertz CT molecular complexity index is 1320. The smallest absolute Gasteiger partial charge is 0.257 e. The van der Waals surface area contributed by atoms with Crippen molar-refractivity contribution in [3.05, 3.63) is 60.7 Å². The van der Waals surface area contributed by atoms with E-state index in [-0.39, 0.29) is 5.91 Å². The van der Waals surface area contributed by atoms with Crippen LogP contribution in [0.2, 0.25) is 0 Å². The van der Waals surface area contributed by atoms with Crippen molar-refractivity contribution in [2.45, 2.75) is 19.9 Å². The van der Waals surface area contributed by atoms with E-state index in [4.69, 9.17) is 0 Å². The van der Waals surface area contributed by atoms with Crippen molar-refractivity contribution in [2.75, 3.05) is 36.4 Å². The third kappa shape index (κ3) is 4.47. The first-order valence-corrected chi connectivity index (χ1v) is 11.5. The number of piperazine rings is 1. The number of carbonyl (C=O) groups excluding carboxylic acids is 1. The maximum absolute atomic E-state index is 13.0.